The van der Waals surface area contributed by atoms with Crippen molar-refractivity contribution in [1.82, 2.24) is 0 Å². The second kappa shape index (κ2) is 8.11. The molecule has 0 saturated heterocycles. The van der Waals surface area contributed by atoms with Crippen molar-refractivity contribution in [3.8, 4) is 5.75 Å². The Morgan fingerprint density at radius 3 is 2.69 bits per heavy atom. The van der Waals surface area contributed by atoms with Crippen molar-refractivity contribution in [3.63, 3.8) is 0 Å². The number of nitrogens with zero attached hydrogens (tertiary/aromatic N) is 2. The van der Waals surface area contributed by atoms with Crippen molar-refractivity contribution >= 4 is 29.1 Å². The van der Waals surface area contributed by atoms with Crippen molar-refractivity contribution < 1.29 is 14.3 Å². The van der Waals surface area contributed by atoms with E-state index < -0.39 is 0 Å². The first-order chi connectivity index (χ1) is 13.8. The van der Waals surface area contributed by atoms with Crippen LogP contribution in [0.2, 0.25) is 0 Å². The number of esters is 1. The Morgan fingerprint density at radius 2 is 2.00 bits per heavy atom. The van der Waals surface area contributed by atoms with Gasteiger partial charge >= 0.3 is 5.97 Å². The molecule has 2 aromatic carbocycles. The Kier molecular flexibility index (Phi) is 5.78. The number of methoxy groups -OCH3 is 1. The summed E-state index contributed by atoms with van der Waals surface area (Å²) in [6.07, 6.45) is 4.04. The number of benzene rings is 2. The van der Waals surface area contributed by atoms with Gasteiger partial charge < -0.3 is 14.4 Å². The topological polar surface area (TPSA) is 51.1 Å². The van der Waals surface area contributed by atoms with Gasteiger partial charge in [-0.25, -0.2) is 4.79 Å². The molecule has 152 valence electrons. The lowest BCUT2D eigenvalue weighted by Gasteiger charge is -2.40. The number of carbonyl (C=O) groups excluding carboxylic acids is 1. The average Bonchev–Trinajstić information content (AvgIpc) is 2.70. The minimum atomic E-state index is -0.345. The fraction of sp³-hybridized carbons (Fsp3) is 0.333. The number of anilines is 1. The van der Waals surface area contributed by atoms with Crippen LogP contribution in [-0.4, -0.2) is 38.5 Å². The summed E-state index contributed by atoms with van der Waals surface area (Å²) in [5.74, 6) is 0.411. The lowest BCUT2D eigenvalue weighted by Crippen LogP contribution is -2.42. The smallest absolute Gasteiger partial charge is 0.338 e. The van der Waals surface area contributed by atoms with Crippen LogP contribution in [0.15, 0.2) is 47.5 Å². The Hall–Kier alpha value is -3.08. The van der Waals surface area contributed by atoms with Gasteiger partial charge in [0.05, 0.1) is 30.5 Å². The Labute approximate surface area is 172 Å². The molecule has 5 heteroatoms. The molecule has 0 radical (unpaired) electrons. The van der Waals surface area contributed by atoms with Gasteiger partial charge in [0.1, 0.15) is 5.75 Å². The van der Waals surface area contributed by atoms with Crippen LogP contribution < -0.4 is 9.64 Å². The predicted molar refractivity (Wildman–Crippen MR) is 119 cm³/mol. The standard InChI is InChI=1S/C24H28N2O3/c1-7-29-23(27)17-9-8-10-19(11-17)25-15-18-12-20-16(2)14-24(3,4)26(5)21(20)13-22(18)28-6/h8-15H,7H2,1-6H3. The van der Waals surface area contributed by atoms with Crippen LogP contribution in [0.3, 0.4) is 0 Å². The third-order valence-electron chi connectivity index (χ3n) is 5.28. The van der Waals surface area contributed by atoms with Gasteiger partial charge in [-0.2, -0.15) is 0 Å². The maximum Gasteiger partial charge on any atom is 0.338 e. The normalized spacial score (nSPS) is 15.1. The summed E-state index contributed by atoms with van der Waals surface area (Å²) in [4.78, 5) is 18.8. The number of aliphatic imine (C=N–C) groups is 1. The van der Waals surface area contributed by atoms with E-state index >= 15 is 0 Å². The molecule has 0 N–H and O–H groups in total. The van der Waals surface area contributed by atoms with E-state index in [1.807, 2.05) is 6.07 Å². The number of carbonyl (C=O) groups is 1. The van der Waals surface area contributed by atoms with Crippen LogP contribution in [0.5, 0.6) is 5.75 Å². The summed E-state index contributed by atoms with van der Waals surface area (Å²) in [6.45, 7) is 8.65. The molecule has 1 heterocycles. The molecule has 0 aliphatic carbocycles. The van der Waals surface area contributed by atoms with E-state index in [1.54, 1.807) is 38.4 Å². The first-order valence-corrected chi connectivity index (χ1v) is 9.73. The molecule has 0 bridgehead atoms. The molecule has 0 atom stereocenters. The highest BCUT2D eigenvalue weighted by Crippen LogP contribution is 2.41. The Balaban J connectivity index is 1.98. The van der Waals surface area contributed by atoms with Gasteiger partial charge in [0.2, 0.25) is 0 Å². The van der Waals surface area contributed by atoms with Crippen LogP contribution in [0.1, 0.15) is 49.2 Å². The molecule has 2 aromatic rings. The van der Waals surface area contributed by atoms with Crippen molar-refractivity contribution in [2.24, 2.45) is 4.99 Å². The van der Waals surface area contributed by atoms with Gasteiger partial charge in [-0.05, 0) is 57.5 Å². The van der Waals surface area contributed by atoms with E-state index in [4.69, 9.17) is 9.47 Å². The molecule has 0 unspecified atom stereocenters. The molecule has 0 saturated carbocycles. The summed E-state index contributed by atoms with van der Waals surface area (Å²) in [5.41, 5.74) is 5.51. The summed E-state index contributed by atoms with van der Waals surface area (Å²) < 4.78 is 10.7. The van der Waals surface area contributed by atoms with Crippen LogP contribution in [0, 0.1) is 0 Å². The predicted octanol–water partition coefficient (Wildman–Crippen LogP) is 5.25. The van der Waals surface area contributed by atoms with Crippen LogP contribution in [0.4, 0.5) is 11.4 Å². The van der Waals surface area contributed by atoms with Crippen molar-refractivity contribution in [2.75, 3.05) is 25.7 Å². The van der Waals surface area contributed by atoms with Gasteiger partial charge in [-0.1, -0.05) is 12.1 Å². The van der Waals surface area contributed by atoms with E-state index in [0.717, 1.165) is 22.6 Å². The number of rotatable bonds is 5. The molecule has 1 aliphatic rings. The average molecular weight is 392 g/mol. The number of hydrogen-bond donors (Lipinski definition) is 0. The number of hydrogen-bond acceptors (Lipinski definition) is 5. The minimum absolute atomic E-state index is 0.0642. The largest absolute Gasteiger partial charge is 0.496 e. The molecular weight excluding hydrogens is 364 g/mol. The van der Waals surface area contributed by atoms with Crippen LogP contribution >= 0.6 is 0 Å². The van der Waals surface area contributed by atoms with Gasteiger partial charge in [-0.15, -0.1) is 0 Å². The molecular formula is C24H28N2O3. The van der Waals surface area contributed by atoms with E-state index in [-0.39, 0.29) is 11.5 Å². The molecule has 0 amide bonds. The zero-order chi connectivity index (χ0) is 21.2. The van der Waals surface area contributed by atoms with Crippen molar-refractivity contribution in [3.05, 3.63) is 59.2 Å². The zero-order valence-corrected chi connectivity index (χ0v) is 17.9. The molecule has 3 rings (SSSR count). The number of allylic oxidation sites excluding steroid dienone is 1. The van der Waals surface area contributed by atoms with E-state index in [2.05, 4.69) is 55.9 Å². The summed E-state index contributed by atoms with van der Waals surface area (Å²) >= 11 is 0. The number of fused-ring (bicyclic) bond motifs is 1. The molecule has 0 aromatic heterocycles. The molecule has 1 aliphatic heterocycles. The van der Waals surface area contributed by atoms with E-state index in [0.29, 0.717) is 17.9 Å². The maximum atomic E-state index is 11.9. The van der Waals surface area contributed by atoms with Gasteiger partial charge in [-0.3, -0.25) is 4.99 Å². The molecule has 0 fully saturated rings. The summed E-state index contributed by atoms with van der Waals surface area (Å²) in [7, 11) is 3.76. The molecule has 5 nitrogen and oxygen atoms in total. The van der Waals surface area contributed by atoms with Gasteiger partial charge in [0.25, 0.3) is 0 Å². The minimum Gasteiger partial charge on any atom is -0.496 e. The first-order valence-electron chi connectivity index (χ1n) is 9.73. The SMILES string of the molecule is CCOC(=O)c1cccc(N=Cc2cc3c(cc2OC)N(C)C(C)(C)C=C3C)c1. The highest BCUT2D eigenvalue weighted by atomic mass is 16.5. The first kappa shape index (κ1) is 20.6. The summed E-state index contributed by atoms with van der Waals surface area (Å²) in [6, 6.07) is 11.3. The summed E-state index contributed by atoms with van der Waals surface area (Å²) in [5, 5.41) is 0. The number of likely N-dealkylation sites (N-methyl/N-ethyl adjacent to an activating group) is 1. The maximum absolute atomic E-state index is 11.9. The van der Waals surface area contributed by atoms with Gasteiger partial charge in [0, 0.05) is 36.1 Å². The Bertz CT molecular complexity index is 990. The van der Waals surface area contributed by atoms with Crippen LogP contribution in [0.25, 0.3) is 5.57 Å². The lowest BCUT2D eigenvalue weighted by atomic mass is 9.88. The van der Waals surface area contributed by atoms with E-state index in [9.17, 15) is 4.79 Å². The second-order valence-corrected chi connectivity index (χ2v) is 7.68. The van der Waals surface area contributed by atoms with Crippen molar-refractivity contribution in [1.29, 1.82) is 0 Å². The quantitative estimate of drug-likeness (QED) is 0.515. The van der Waals surface area contributed by atoms with Gasteiger partial charge in [0.15, 0.2) is 0 Å². The van der Waals surface area contributed by atoms with Crippen LogP contribution in [-0.2, 0) is 4.74 Å². The van der Waals surface area contributed by atoms with E-state index in [1.165, 1.54) is 5.57 Å². The highest BCUT2D eigenvalue weighted by Gasteiger charge is 2.29. The number of ether oxygens (including phenoxy) is 2. The highest BCUT2D eigenvalue weighted by molar-refractivity contribution is 5.93. The third kappa shape index (κ3) is 4.19. The monoisotopic (exact) mass is 392 g/mol. The molecule has 0 spiro atoms. The lowest BCUT2D eigenvalue weighted by molar-refractivity contribution is 0.0526. The fourth-order valence-corrected chi connectivity index (χ4v) is 3.54. The second-order valence-electron chi connectivity index (χ2n) is 7.68. The third-order valence-corrected chi connectivity index (χ3v) is 5.28. The zero-order valence-electron chi connectivity index (χ0n) is 17.9. The Morgan fingerprint density at radius 1 is 1.24 bits per heavy atom. The molecule has 29 heavy (non-hydrogen) atoms. The fourth-order valence-electron chi connectivity index (χ4n) is 3.54. The van der Waals surface area contributed by atoms with Crippen molar-refractivity contribution in [2.45, 2.75) is 33.2 Å².